The van der Waals surface area contributed by atoms with Crippen LogP contribution in [0.25, 0.3) is 0 Å². The second-order valence-electron chi connectivity index (χ2n) is 8.43. The molecular formula is C30H24NO3S-. The fraction of sp³-hybridized carbons (Fsp3) is 0.133. The van der Waals surface area contributed by atoms with Gasteiger partial charge in [0.25, 0.3) is 0 Å². The number of hydrogen-bond acceptors (Lipinski definition) is 5. The molecule has 5 heteroatoms. The number of carbonyl (C=O) groups excluding carboxylic acids is 2. The number of ketones is 2. The average Bonchev–Trinajstić information content (AvgIpc) is 3.27. The van der Waals surface area contributed by atoms with Crippen LogP contribution in [0.5, 0.6) is 0 Å². The number of thioether (sulfide) groups is 1. The van der Waals surface area contributed by atoms with Gasteiger partial charge in [-0.3, -0.25) is 9.59 Å². The SMILES string of the molecule is O=C(c1ccccc1)C(C(=O)c1ccccc1)C1SC(c2ccccc2)C([O-])N1c1ccccc1. The monoisotopic (exact) mass is 478 g/mol. The third-order valence-corrected chi connectivity index (χ3v) is 7.82. The Hall–Kier alpha value is -3.67. The predicted molar refractivity (Wildman–Crippen MR) is 138 cm³/mol. The quantitative estimate of drug-likeness (QED) is 0.264. The zero-order valence-electron chi connectivity index (χ0n) is 18.9. The van der Waals surface area contributed by atoms with E-state index in [-0.39, 0.29) is 11.6 Å². The molecule has 0 radical (unpaired) electrons. The number of benzene rings is 4. The van der Waals surface area contributed by atoms with Crippen molar-refractivity contribution in [3.05, 3.63) is 138 Å². The maximum atomic E-state index is 13.9. The molecule has 174 valence electrons. The topological polar surface area (TPSA) is 60.4 Å². The Labute approximate surface area is 209 Å². The number of hydrogen-bond donors (Lipinski definition) is 0. The van der Waals surface area contributed by atoms with Crippen molar-refractivity contribution in [2.45, 2.75) is 16.9 Å². The van der Waals surface area contributed by atoms with E-state index >= 15 is 0 Å². The summed E-state index contributed by atoms with van der Waals surface area (Å²) < 4.78 is 0. The molecule has 1 aliphatic heterocycles. The summed E-state index contributed by atoms with van der Waals surface area (Å²) in [5.41, 5.74) is 2.51. The molecule has 3 unspecified atom stereocenters. The second kappa shape index (κ2) is 10.3. The molecule has 3 atom stereocenters. The van der Waals surface area contributed by atoms with Crippen molar-refractivity contribution in [3.63, 3.8) is 0 Å². The molecule has 1 fully saturated rings. The van der Waals surface area contributed by atoms with Gasteiger partial charge >= 0.3 is 0 Å². The molecular weight excluding hydrogens is 454 g/mol. The number of Topliss-reactive ketones (excluding diaryl/α,β-unsaturated/α-hetero) is 2. The van der Waals surface area contributed by atoms with E-state index < -0.39 is 22.8 Å². The first kappa shape index (κ1) is 23.1. The molecule has 0 N–H and O–H groups in total. The zero-order chi connectivity index (χ0) is 24.2. The maximum absolute atomic E-state index is 13.9. The minimum absolute atomic E-state index is 0.279. The Morgan fingerprint density at radius 1 is 0.657 bits per heavy atom. The number of rotatable bonds is 7. The lowest BCUT2D eigenvalue weighted by Crippen LogP contribution is -2.50. The molecule has 4 aromatic rings. The van der Waals surface area contributed by atoms with Gasteiger partial charge in [0.15, 0.2) is 11.6 Å². The lowest BCUT2D eigenvalue weighted by molar-refractivity contribution is -0.417. The van der Waals surface area contributed by atoms with Crippen LogP contribution < -0.4 is 10.0 Å². The molecule has 35 heavy (non-hydrogen) atoms. The largest absolute Gasteiger partial charge is 0.835 e. The molecule has 0 saturated carbocycles. The third-order valence-electron chi connectivity index (χ3n) is 6.24. The van der Waals surface area contributed by atoms with Crippen LogP contribution >= 0.6 is 11.8 Å². The summed E-state index contributed by atoms with van der Waals surface area (Å²) in [6.07, 6.45) is -1.16. The Morgan fingerprint density at radius 3 is 1.57 bits per heavy atom. The Kier molecular flexibility index (Phi) is 6.80. The first-order valence-electron chi connectivity index (χ1n) is 11.5. The van der Waals surface area contributed by atoms with Crippen molar-refractivity contribution < 1.29 is 14.7 Å². The molecule has 1 saturated heterocycles. The molecule has 0 aromatic heterocycles. The number of para-hydroxylation sites is 1. The normalized spacial score (nSPS) is 19.6. The van der Waals surface area contributed by atoms with Crippen molar-refractivity contribution in [1.29, 1.82) is 0 Å². The van der Waals surface area contributed by atoms with Gasteiger partial charge in [0.1, 0.15) is 5.92 Å². The van der Waals surface area contributed by atoms with Crippen molar-refractivity contribution in [1.82, 2.24) is 0 Å². The van der Waals surface area contributed by atoms with Crippen LogP contribution in [0.3, 0.4) is 0 Å². The van der Waals surface area contributed by atoms with E-state index in [1.807, 2.05) is 72.8 Å². The van der Waals surface area contributed by atoms with E-state index in [1.165, 1.54) is 11.8 Å². The Morgan fingerprint density at radius 2 is 1.09 bits per heavy atom. The fourth-order valence-corrected chi connectivity index (χ4v) is 6.19. The lowest BCUT2D eigenvalue weighted by Gasteiger charge is -2.39. The van der Waals surface area contributed by atoms with E-state index in [1.54, 1.807) is 53.4 Å². The highest BCUT2D eigenvalue weighted by molar-refractivity contribution is 8.00. The molecule has 0 spiro atoms. The first-order chi connectivity index (χ1) is 17.1. The molecule has 5 rings (SSSR count). The van der Waals surface area contributed by atoms with Crippen LogP contribution in [0.2, 0.25) is 0 Å². The van der Waals surface area contributed by atoms with Crippen LogP contribution in [-0.4, -0.2) is 23.2 Å². The van der Waals surface area contributed by atoms with Crippen molar-refractivity contribution in [3.8, 4) is 0 Å². The van der Waals surface area contributed by atoms with Crippen LogP contribution in [0.4, 0.5) is 5.69 Å². The predicted octanol–water partition coefficient (Wildman–Crippen LogP) is 5.38. The zero-order valence-corrected chi connectivity index (χ0v) is 19.8. The smallest absolute Gasteiger partial charge is 0.176 e. The van der Waals surface area contributed by atoms with Gasteiger partial charge in [-0.2, -0.15) is 0 Å². The van der Waals surface area contributed by atoms with Gasteiger partial charge in [0.05, 0.1) is 5.37 Å². The fourth-order valence-electron chi connectivity index (χ4n) is 4.53. The van der Waals surface area contributed by atoms with Crippen molar-refractivity contribution in [2.24, 2.45) is 5.92 Å². The number of carbonyl (C=O) groups is 2. The van der Waals surface area contributed by atoms with E-state index in [9.17, 15) is 14.7 Å². The van der Waals surface area contributed by atoms with Gasteiger partial charge in [0, 0.05) is 22.1 Å². The summed E-state index contributed by atoms with van der Waals surface area (Å²) in [6, 6.07) is 36.7. The van der Waals surface area contributed by atoms with E-state index in [2.05, 4.69) is 0 Å². The van der Waals surface area contributed by atoms with Crippen LogP contribution in [0.15, 0.2) is 121 Å². The Balaban J connectivity index is 1.63. The lowest BCUT2D eigenvalue weighted by atomic mass is 9.88. The van der Waals surface area contributed by atoms with Gasteiger partial charge in [-0.25, -0.2) is 0 Å². The van der Waals surface area contributed by atoms with Gasteiger partial charge < -0.3 is 10.0 Å². The maximum Gasteiger partial charge on any atom is 0.176 e. The van der Waals surface area contributed by atoms with Crippen molar-refractivity contribution in [2.75, 3.05) is 4.90 Å². The summed E-state index contributed by atoms with van der Waals surface area (Å²) in [6.45, 7) is 0. The minimum Gasteiger partial charge on any atom is -0.835 e. The standard InChI is InChI=1S/C30H24NO3S/c32-26(21-13-5-1-6-14-21)25(27(33)22-15-7-2-8-16-22)30-31(24-19-11-4-12-20-24)29(34)28(35-30)23-17-9-3-10-18-23/h1-20,25,28-30H/q-1. The van der Waals surface area contributed by atoms with E-state index in [0.29, 0.717) is 16.8 Å². The summed E-state index contributed by atoms with van der Waals surface area (Å²) in [5.74, 6) is -1.60. The molecule has 1 aliphatic rings. The highest BCUT2D eigenvalue weighted by Gasteiger charge is 2.46. The summed E-state index contributed by atoms with van der Waals surface area (Å²) in [5, 5.41) is 12.8. The molecule has 0 amide bonds. The number of nitrogens with zero attached hydrogens (tertiary/aromatic N) is 1. The van der Waals surface area contributed by atoms with E-state index in [4.69, 9.17) is 0 Å². The number of anilines is 1. The highest BCUT2D eigenvalue weighted by Crippen LogP contribution is 2.49. The van der Waals surface area contributed by atoms with Crippen molar-refractivity contribution >= 4 is 29.0 Å². The highest BCUT2D eigenvalue weighted by atomic mass is 32.2. The molecule has 4 nitrogen and oxygen atoms in total. The van der Waals surface area contributed by atoms with Crippen LogP contribution in [0, 0.1) is 5.92 Å². The average molecular weight is 479 g/mol. The summed E-state index contributed by atoms with van der Waals surface area (Å²) in [4.78, 5) is 29.5. The molecule has 0 bridgehead atoms. The first-order valence-corrected chi connectivity index (χ1v) is 12.5. The summed E-state index contributed by atoms with van der Waals surface area (Å²) in [7, 11) is 0. The Bertz CT molecular complexity index is 1230. The summed E-state index contributed by atoms with van der Waals surface area (Å²) >= 11 is 1.40. The third kappa shape index (κ3) is 4.65. The molecule has 0 aliphatic carbocycles. The van der Waals surface area contributed by atoms with E-state index in [0.717, 1.165) is 5.56 Å². The molecule has 1 heterocycles. The van der Waals surface area contributed by atoms with Gasteiger partial charge in [-0.1, -0.05) is 109 Å². The minimum atomic E-state index is -1.16. The van der Waals surface area contributed by atoms with Crippen LogP contribution in [-0.2, 0) is 0 Å². The van der Waals surface area contributed by atoms with Gasteiger partial charge in [-0.15, -0.1) is 11.8 Å². The van der Waals surface area contributed by atoms with Gasteiger partial charge in [-0.05, 0) is 23.9 Å². The van der Waals surface area contributed by atoms with Gasteiger partial charge in [0.2, 0.25) is 0 Å². The second-order valence-corrected chi connectivity index (χ2v) is 9.69. The molecule has 4 aromatic carbocycles. The van der Waals surface area contributed by atoms with Crippen LogP contribution in [0.1, 0.15) is 31.5 Å².